The monoisotopic (exact) mass is 438 g/mol. The molecule has 1 aromatic heterocycles. The van der Waals surface area contributed by atoms with E-state index in [1.54, 1.807) is 11.3 Å². The van der Waals surface area contributed by atoms with Crippen LogP contribution in [-0.4, -0.2) is 23.5 Å². The molecule has 1 unspecified atom stereocenters. The number of nitrogens with one attached hydrogen (secondary N) is 2. The maximum atomic E-state index is 4.65. The Morgan fingerprint density at radius 3 is 2.59 bits per heavy atom. The van der Waals surface area contributed by atoms with Crippen molar-refractivity contribution in [2.75, 3.05) is 6.54 Å². The van der Waals surface area contributed by atoms with Crippen LogP contribution in [0.25, 0.3) is 0 Å². The van der Waals surface area contributed by atoms with E-state index in [2.05, 4.69) is 48.3 Å². The lowest BCUT2D eigenvalue weighted by Gasteiger charge is -2.18. The quantitative estimate of drug-likeness (QED) is 0.361. The van der Waals surface area contributed by atoms with E-state index in [0.29, 0.717) is 12.6 Å². The van der Waals surface area contributed by atoms with E-state index in [0.717, 1.165) is 23.4 Å². The average molecular weight is 438 g/mol. The highest BCUT2D eigenvalue weighted by Gasteiger charge is 2.06. The highest BCUT2D eigenvalue weighted by Crippen LogP contribution is 2.12. The summed E-state index contributed by atoms with van der Waals surface area (Å²) in [4.78, 5) is 10.1. The van der Waals surface area contributed by atoms with Gasteiger partial charge >= 0.3 is 0 Å². The Morgan fingerprint density at radius 2 is 2.05 bits per heavy atom. The van der Waals surface area contributed by atoms with Crippen LogP contribution in [0.15, 0.2) is 11.2 Å². The van der Waals surface area contributed by atoms with Gasteiger partial charge in [-0.3, -0.25) is 0 Å². The van der Waals surface area contributed by atoms with Crippen LogP contribution >= 0.6 is 35.3 Å². The van der Waals surface area contributed by atoms with Crippen molar-refractivity contribution in [1.29, 1.82) is 0 Å². The van der Waals surface area contributed by atoms with Crippen molar-refractivity contribution in [3.8, 4) is 0 Å². The first-order chi connectivity index (χ1) is 10.0. The molecule has 1 rings (SSSR count). The molecule has 1 atom stereocenters. The summed E-state index contributed by atoms with van der Waals surface area (Å²) in [6.45, 7) is 12.5. The van der Waals surface area contributed by atoms with Gasteiger partial charge in [-0.1, -0.05) is 26.7 Å². The number of hydrogen-bond acceptors (Lipinski definition) is 3. The van der Waals surface area contributed by atoms with E-state index in [-0.39, 0.29) is 24.0 Å². The van der Waals surface area contributed by atoms with Crippen molar-refractivity contribution in [1.82, 2.24) is 15.6 Å². The fraction of sp³-hybridized carbons (Fsp3) is 0.750. The van der Waals surface area contributed by atoms with E-state index >= 15 is 0 Å². The lowest BCUT2D eigenvalue weighted by atomic mass is 10.0. The molecule has 0 bridgehead atoms. The zero-order valence-corrected chi connectivity index (χ0v) is 17.6. The Bertz CT molecular complexity index is 432. The van der Waals surface area contributed by atoms with Crippen molar-refractivity contribution in [3.05, 3.63) is 16.1 Å². The van der Waals surface area contributed by atoms with E-state index in [1.165, 1.54) is 24.1 Å². The number of aryl methyl sites for hydroxylation is 1. The van der Waals surface area contributed by atoms with Crippen LogP contribution in [0.1, 0.15) is 56.8 Å². The Morgan fingerprint density at radius 1 is 1.32 bits per heavy atom. The van der Waals surface area contributed by atoms with Crippen molar-refractivity contribution in [2.24, 2.45) is 10.9 Å². The van der Waals surface area contributed by atoms with Gasteiger partial charge in [0.15, 0.2) is 5.96 Å². The lowest BCUT2D eigenvalue weighted by molar-refractivity contribution is 0.491. The summed E-state index contributed by atoms with van der Waals surface area (Å²) >= 11 is 1.71. The standard InChI is InChI=1S/C16H30N4S.HI/c1-6-17-16(19-11-15-10-18-14(5)21-15)20-13(4)9-7-8-12(2)3;/h10,12-13H,6-9,11H2,1-5H3,(H2,17,19,20);1H. The average Bonchev–Trinajstić information content (AvgIpc) is 2.81. The van der Waals surface area contributed by atoms with Crippen LogP contribution in [0.3, 0.4) is 0 Å². The molecule has 6 heteroatoms. The second-order valence-electron chi connectivity index (χ2n) is 5.91. The smallest absolute Gasteiger partial charge is 0.191 e. The van der Waals surface area contributed by atoms with Crippen LogP contribution in [0.5, 0.6) is 0 Å². The van der Waals surface area contributed by atoms with E-state index in [1.807, 2.05) is 13.1 Å². The third kappa shape index (κ3) is 9.61. The molecule has 0 aliphatic rings. The summed E-state index contributed by atoms with van der Waals surface area (Å²) < 4.78 is 0. The maximum absolute atomic E-state index is 4.65. The highest BCUT2D eigenvalue weighted by molar-refractivity contribution is 14.0. The summed E-state index contributed by atoms with van der Waals surface area (Å²) in [6, 6.07) is 0.449. The molecular formula is C16H31IN4S. The Hall–Kier alpha value is -0.370. The van der Waals surface area contributed by atoms with Crippen molar-refractivity contribution in [3.63, 3.8) is 0 Å². The molecule has 0 saturated heterocycles. The summed E-state index contributed by atoms with van der Waals surface area (Å²) in [6.07, 6.45) is 5.65. The molecular weight excluding hydrogens is 407 g/mol. The number of aliphatic imine (C=N–C) groups is 1. The number of guanidine groups is 1. The molecule has 0 spiro atoms. The van der Waals surface area contributed by atoms with Crippen LogP contribution < -0.4 is 10.6 Å². The summed E-state index contributed by atoms with van der Waals surface area (Å²) in [5.74, 6) is 1.69. The zero-order chi connectivity index (χ0) is 15.7. The molecule has 0 saturated carbocycles. The number of hydrogen-bond donors (Lipinski definition) is 2. The Balaban J connectivity index is 0.00000441. The third-order valence-corrected chi connectivity index (χ3v) is 4.11. The number of rotatable bonds is 8. The van der Waals surface area contributed by atoms with Gasteiger partial charge in [0.1, 0.15) is 0 Å². The van der Waals surface area contributed by atoms with Crippen molar-refractivity contribution < 1.29 is 0 Å². The highest BCUT2D eigenvalue weighted by atomic mass is 127. The first-order valence-electron chi connectivity index (χ1n) is 7.97. The van der Waals surface area contributed by atoms with Crippen LogP contribution in [-0.2, 0) is 6.54 Å². The summed E-state index contributed by atoms with van der Waals surface area (Å²) in [5, 5.41) is 7.90. The molecule has 0 aliphatic carbocycles. The molecule has 1 heterocycles. The van der Waals surface area contributed by atoms with Crippen molar-refractivity contribution in [2.45, 2.75) is 66.5 Å². The molecule has 0 aliphatic heterocycles. The minimum absolute atomic E-state index is 0. The molecule has 22 heavy (non-hydrogen) atoms. The molecule has 4 nitrogen and oxygen atoms in total. The number of nitrogens with zero attached hydrogens (tertiary/aromatic N) is 2. The predicted octanol–water partition coefficient (Wildman–Crippen LogP) is 4.34. The van der Waals surface area contributed by atoms with E-state index in [9.17, 15) is 0 Å². The van der Waals surface area contributed by atoms with Gasteiger partial charge in [0.2, 0.25) is 0 Å². The second kappa shape index (κ2) is 12.1. The summed E-state index contributed by atoms with van der Waals surface area (Å²) in [7, 11) is 0. The molecule has 2 N–H and O–H groups in total. The largest absolute Gasteiger partial charge is 0.357 e. The molecule has 1 aromatic rings. The van der Waals surface area contributed by atoms with E-state index < -0.39 is 0 Å². The minimum Gasteiger partial charge on any atom is -0.357 e. The van der Waals surface area contributed by atoms with Gasteiger partial charge in [0, 0.05) is 23.7 Å². The number of thiazole rings is 1. The number of aromatic nitrogens is 1. The van der Waals surface area contributed by atoms with Gasteiger partial charge in [0.05, 0.1) is 11.6 Å². The van der Waals surface area contributed by atoms with Gasteiger partial charge in [-0.2, -0.15) is 0 Å². The van der Waals surface area contributed by atoms with Crippen LogP contribution in [0.4, 0.5) is 0 Å². The minimum atomic E-state index is 0. The molecule has 0 amide bonds. The molecule has 0 aromatic carbocycles. The van der Waals surface area contributed by atoms with Crippen molar-refractivity contribution >= 4 is 41.3 Å². The fourth-order valence-electron chi connectivity index (χ4n) is 2.09. The predicted molar refractivity (Wildman–Crippen MR) is 108 cm³/mol. The molecule has 0 fully saturated rings. The van der Waals surface area contributed by atoms with Gasteiger partial charge in [-0.25, -0.2) is 9.98 Å². The molecule has 128 valence electrons. The number of halogens is 1. The zero-order valence-electron chi connectivity index (χ0n) is 14.5. The van der Waals surface area contributed by atoms with Gasteiger partial charge in [0.25, 0.3) is 0 Å². The van der Waals surface area contributed by atoms with Gasteiger partial charge in [-0.05, 0) is 33.1 Å². The van der Waals surface area contributed by atoms with Crippen LogP contribution in [0.2, 0.25) is 0 Å². The fourth-order valence-corrected chi connectivity index (χ4v) is 2.81. The second-order valence-corrected chi connectivity index (χ2v) is 7.23. The van der Waals surface area contributed by atoms with Crippen LogP contribution in [0, 0.1) is 12.8 Å². The Kier molecular flexibility index (Phi) is 11.9. The Labute approximate surface area is 156 Å². The normalized spacial score (nSPS) is 12.9. The molecule has 0 radical (unpaired) electrons. The topological polar surface area (TPSA) is 49.3 Å². The van der Waals surface area contributed by atoms with Gasteiger partial charge in [-0.15, -0.1) is 35.3 Å². The van der Waals surface area contributed by atoms with E-state index in [4.69, 9.17) is 0 Å². The maximum Gasteiger partial charge on any atom is 0.191 e. The first kappa shape index (κ1) is 21.6. The SMILES string of the molecule is CCNC(=NCc1cnc(C)s1)NC(C)CCCC(C)C.I. The first-order valence-corrected chi connectivity index (χ1v) is 8.79. The van der Waals surface area contributed by atoms with Gasteiger partial charge < -0.3 is 10.6 Å². The lowest BCUT2D eigenvalue weighted by Crippen LogP contribution is -2.42. The summed E-state index contributed by atoms with van der Waals surface area (Å²) in [5.41, 5.74) is 0. The third-order valence-electron chi connectivity index (χ3n) is 3.21.